The van der Waals surface area contributed by atoms with Gasteiger partial charge in [-0.25, -0.2) is 4.39 Å². The predicted molar refractivity (Wildman–Crippen MR) is 50.5 cm³/mol. The van der Waals surface area contributed by atoms with Crippen molar-refractivity contribution >= 4 is 5.78 Å². The van der Waals surface area contributed by atoms with Crippen molar-refractivity contribution in [2.75, 3.05) is 0 Å². The lowest BCUT2D eigenvalue weighted by Crippen LogP contribution is -2.02. The Bertz CT molecular complexity index is 418. The van der Waals surface area contributed by atoms with Gasteiger partial charge in [-0.3, -0.25) is 4.79 Å². The lowest BCUT2D eigenvalue weighted by atomic mass is 10.0. The number of Topliss-reactive ketones (excluding diaryl/α,β-unsaturated/α-hetero) is 1. The largest absolute Gasteiger partial charge is 0.294 e. The van der Waals surface area contributed by atoms with Gasteiger partial charge in [0.15, 0.2) is 5.78 Å². The van der Waals surface area contributed by atoms with Crippen LogP contribution in [0.25, 0.3) is 0 Å². The molecule has 0 aliphatic heterocycles. The van der Waals surface area contributed by atoms with E-state index in [4.69, 9.17) is 5.26 Å². The van der Waals surface area contributed by atoms with Crippen LogP contribution in [-0.4, -0.2) is 5.78 Å². The zero-order chi connectivity index (χ0) is 10.7. The Labute approximate surface area is 82.0 Å². The molecule has 0 unspecified atom stereocenters. The molecular weight excluding hydrogens is 181 g/mol. The van der Waals surface area contributed by atoms with Gasteiger partial charge in [-0.15, -0.1) is 0 Å². The Hall–Kier alpha value is -1.69. The number of halogens is 1. The average molecular weight is 191 g/mol. The number of aryl methyl sites for hydroxylation is 1. The van der Waals surface area contributed by atoms with Crippen LogP contribution in [0, 0.1) is 17.1 Å². The summed E-state index contributed by atoms with van der Waals surface area (Å²) in [7, 11) is 0. The van der Waals surface area contributed by atoms with E-state index in [0.717, 1.165) is 0 Å². The van der Waals surface area contributed by atoms with E-state index in [1.54, 1.807) is 6.92 Å². The summed E-state index contributed by atoms with van der Waals surface area (Å²) in [5, 5.41) is 8.67. The summed E-state index contributed by atoms with van der Waals surface area (Å²) in [6, 6.07) is 4.67. The van der Waals surface area contributed by atoms with E-state index in [0.29, 0.717) is 17.5 Å². The molecule has 1 aromatic rings. The second kappa shape index (κ2) is 4.01. The molecule has 0 atom stereocenters. The predicted octanol–water partition coefficient (Wildman–Crippen LogP) is 2.46. The molecular formula is C11H10FNO. The number of carbonyl (C=O) groups excluding carboxylic acids is 1. The van der Waals surface area contributed by atoms with E-state index in [2.05, 4.69) is 0 Å². The standard InChI is InChI=1S/C11H10FNO/c1-3-9-4-8(6-13)5-10(7(2)14)11(9)12/h4-5H,3H2,1-2H3. The van der Waals surface area contributed by atoms with E-state index >= 15 is 0 Å². The van der Waals surface area contributed by atoms with E-state index in [1.165, 1.54) is 19.1 Å². The molecule has 0 aliphatic carbocycles. The van der Waals surface area contributed by atoms with Gasteiger partial charge in [0.1, 0.15) is 5.82 Å². The Morgan fingerprint density at radius 3 is 2.64 bits per heavy atom. The van der Waals surface area contributed by atoms with Gasteiger partial charge in [0, 0.05) is 0 Å². The number of ketones is 1. The van der Waals surface area contributed by atoms with Crippen molar-refractivity contribution in [3.05, 3.63) is 34.6 Å². The topological polar surface area (TPSA) is 40.9 Å². The molecule has 2 nitrogen and oxygen atoms in total. The molecule has 0 fully saturated rings. The smallest absolute Gasteiger partial charge is 0.162 e. The average Bonchev–Trinajstić information content (AvgIpc) is 2.17. The first-order valence-electron chi connectivity index (χ1n) is 4.33. The molecule has 0 heterocycles. The maximum Gasteiger partial charge on any atom is 0.162 e. The van der Waals surface area contributed by atoms with Crippen molar-refractivity contribution in [2.24, 2.45) is 0 Å². The molecule has 1 aromatic carbocycles. The molecule has 0 N–H and O–H groups in total. The summed E-state index contributed by atoms with van der Waals surface area (Å²) in [6.07, 6.45) is 0.474. The third kappa shape index (κ3) is 1.80. The molecule has 14 heavy (non-hydrogen) atoms. The van der Waals surface area contributed by atoms with Gasteiger partial charge in [0.25, 0.3) is 0 Å². The SMILES string of the molecule is CCc1cc(C#N)cc(C(C)=O)c1F. The normalized spacial score (nSPS) is 9.57. The Morgan fingerprint density at radius 1 is 1.57 bits per heavy atom. The van der Waals surface area contributed by atoms with Crippen LogP contribution in [0.3, 0.4) is 0 Å². The van der Waals surface area contributed by atoms with E-state index in [-0.39, 0.29) is 11.3 Å². The van der Waals surface area contributed by atoms with Crippen molar-refractivity contribution < 1.29 is 9.18 Å². The molecule has 0 saturated carbocycles. The first kappa shape index (κ1) is 10.4. The second-order valence-corrected chi connectivity index (χ2v) is 3.02. The lowest BCUT2D eigenvalue weighted by molar-refractivity contribution is 0.101. The molecule has 0 saturated heterocycles. The number of nitriles is 1. The van der Waals surface area contributed by atoms with Crippen molar-refractivity contribution in [3.8, 4) is 6.07 Å². The number of hydrogen-bond acceptors (Lipinski definition) is 2. The van der Waals surface area contributed by atoms with Gasteiger partial charge < -0.3 is 0 Å². The zero-order valence-electron chi connectivity index (χ0n) is 8.10. The number of nitrogens with zero attached hydrogens (tertiary/aromatic N) is 1. The first-order chi connectivity index (χ1) is 6.60. The van der Waals surface area contributed by atoms with Gasteiger partial charge >= 0.3 is 0 Å². The Kier molecular flexibility index (Phi) is 2.98. The minimum absolute atomic E-state index is 0.000833. The van der Waals surface area contributed by atoms with Crippen LogP contribution in [0.5, 0.6) is 0 Å². The summed E-state index contributed by atoms with van der Waals surface area (Å²) >= 11 is 0. The van der Waals surface area contributed by atoms with E-state index < -0.39 is 5.82 Å². The number of hydrogen-bond donors (Lipinski definition) is 0. The van der Waals surface area contributed by atoms with Gasteiger partial charge in [0.2, 0.25) is 0 Å². The summed E-state index contributed by atoms with van der Waals surface area (Å²) in [6.45, 7) is 3.07. The molecule has 3 heteroatoms. The molecule has 0 radical (unpaired) electrons. The zero-order valence-corrected chi connectivity index (χ0v) is 8.10. The number of benzene rings is 1. The molecule has 0 bridgehead atoms. The van der Waals surface area contributed by atoms with Gasteiger partial charge in [-0.2, -0.15) is 5.26 Å². The molecule has 0 aliphatic rings. The summed E-state index contributed by atoms with van der Waals surface area (Å²) in [5.74, 6) is -0.853. The van der Waals surface area contributed by atoms with E-state index in [1.807, 2.05) is 6.07 Å². The molecule has 1 rings (SSSR count). The monoisotopic (exact) mass is 191 g/mol. The highest BCUT2D eigenvalue weighted by Crippen LogP contribution is 2.17. The van der Waals surface area contributed by atoms with E-state index in [9.17, 15) is 9.18 Å². The summed E-state index contributed by atoms with van der Waals surface area (Å²) in [5.41, 5.74) is 0.739. The maximum atomic E-state index is 13.5. The molecule has 0 aromatic heterocycles. The van der Waals surface area contributed by atoms with Crippen molar-refractivity contribution in [1.82, 2.24) is 0 Å². The maximum absolute atomic E-state index is 13.5. The lowest BCUT2D eigenvalue weighted by Gasteiger charge is -2.04. The second-order valence-electron chi connectivity index (χ2n) is 3.02. The number of carbonyl (C=O) groups is 1. The van der Waals surface area contributed by atoms with Crippen LogP contribution in [0.1, 0.15) is 35.3 Å². The Morgan fingerprint density at radius 2 is 2.21 bits per heavy atom. The fourth-order valence-electron chi connectivity index (χ4n) is 1.26. The Balaban J connectivity index is 3.44. The van der Waals surface area contributed by atoms with Gasteiger partial charge in [0.05, 0.1) is 17.2 Å². The van der Waals surface area contributed by atoms with Crippen molar-refractivity contribution in [2.45, 2.75) is 20.3 Å². The van der Waals surface area contributed by atoms with Crippen LogP contribution in [-0.2, 0) is 6.42 Å². The van der Waals surface area contributed by atoms with Crippen molar-refractivity contribution in [3.63, 3.8) is 0 Å². The van der Waals surface area contributed by atoms with Crippen LogP contribution in [0.4, 0.5) is 4.39 Å². The van der Waals surface area contributed by atoms with Crippen LogP contribution >= 0.6 is 0 Å². The molecule has 72 valence electrons. The minimum Gasteiger partial charge on any atom is -0.294 e. The van der Waals surface area contributed by atoms with Crippen LogP contribution < -0.4 is 0 Å². The minimum atomic E-state index is -0.501. The highest BCUT2D eigenvalue weighted by molar-refractivity contribution is 5.94. The fraction of sp³-hybridized carbons (Fsp3) is 0.273. The highest BCUT2D eigenvalue weighted by Gasteiger charge is 2.12. The quantitative estimate of drug-likeness (QED) is 0.674. The molecule has 0 spiro atoms. The summed E-state index contributed by atoms with van der Waals surface area (Å²) in [4.78, 5) is 11.1. The highest BCUT2D eigenvalue weighted by atomic mass is 19.1. The van der Waals surface area contributed by atoms with Crippen LogP contribution in [0.15, 0.2) is 12.1 Å². The van der Waals surface area contributed by atoms with Crippen molar-refractivity contribution in [1.29, 1.82) is 5.26 Å². The third-order valence-corrected chi connectivity index (χ3v) is 2.04. The fourth-order valence-corrected chi connectivity index (χ4v) is 1.26. The number of rotatable bonds is 2. The third-order valence-electron chi connectivity index (χ3n) is 2.04. The van der Waals surface area contributed by atoms with Crippen LogP contribution in [0.2, 0.25) is 0 Å². The summed E-state index contributed by atoms with van der Waals surface area (Å²) < 4.78 is 13.5. The molecule has 0 amide bonds. The van der Waals surface area contributed by atoms with Gasteiger partial charge in [-0.05, 0) is 31.0 Å². The van der Waals surface area contributed by atoms with Gasteiger partial charge in [-0.1, -0.05) is 6.92 Å². The first-order valence-corrected chi connectivity index (χ1v) is 4.33.